The van der Waals surface area contributed by atoms with Gasteiger partial charge in [-0.3, -0.25) is 14.9 Å². The number of nitro groups is 1. The number of nitrogens with two attached hydrogens (primary N) is 1. The van der Waals surface area contributed by atoms with Crippen molar-refractivity contribution in [2.75, 3.05) is 25.0 Å². The van der Waals surface area contributed by atoms with E-state index in [1.807, 2.05) is 0 Å². The van der Waals surface area contributed by atoms with Gasteiger partial charge in [-0.15, -0.1) is 0 Å². The van der Waals surface area contributed by atoms with Gasteiger partial charge in [-0.05, 0) is 31.5 Å². The zero-order valence-electron chi connectivity index (χ0n) is 11.6. The van der Waals surface area contributed by atoms with Crippen LogP contribution in [-0.2, 0) is 0 Å². The van der Waals surface area contributed by atoms with E-state index in [9.17, 15) is 14.9 Å². The quantitative estimate of drug-likeness (QED) is 0.417. The number of amides is 1. The van der Waals surface area contributed by atoms with Gasteiger partial charge >= 0.3 is 0 Å². The minimum absolute atomic E-state index is 0.0562. The Balaban J connectivity index is 2.06. The highest BCUT2D eigenvalue weighted by Crippen LogP contribution is 2.25. The van der Waals surface area contributed by atoms with Gasteiger partial charge in [0.1, 0.15) is 5.69 Å². The van der Waals surface area contributed by atoms with Crippen LogP contribution < -0.4 is 16.4 Å². The van der Waals surface area contributed by atoms with Crippen LogP contribution in [0.1, 0.15) is 23.2 Å². The van der Waals surface area contributed by atoms with Crippen molar-refractivity contribution in [1.82, 2.24) is 5.32 Å². The highest BCUT2D eigenvalue weighted by atomic mass is 16.6. The average Bonchev–Trinajstić information content (AvgIpc) is 2.48. The molecule has 0 radical (unpaired) electrons. The zero-order chi connectivity index (χ0) is 15.2. The van der Waals surface area contributed by atoms with Gasteiger partial charge in [0, 0.05) is 24.7 Å². The van der Waals surface area contributed by atoms with Crippen LogP contribution in [0, 0.1) is 10.1 Å². The number of anilines is 1. The molecule has 0 atom stereocenters. The van der Waals surface area contributed by atoms with Gasteiger partial charge in [0.2, 0.25) is 5.91 Å². The van der Waals surface area contributed by atoms with Crippen molar-refractivity contribution in [2.24, 2.45) is 5.73 Å². The molecule has 0 saturated carbocycles. The number of hydrogen-bond donors (Lipinski definition) is 3. The van der Waals surface area contributed by atoms with Crippen molar-refractivity contribution in [3.8, 4) is 0 Å². The minimum atomic E-state index is -0.603. The van der Waals surface area contributed by atoms with Crippen molar-refractivity contribution in [2.45, 2.75) is 12.8 Å². The summed E-state index contributed by atoms with van der Waals surface area (Å²) >= 11 is 0. The number of nitro benzene ring substituents is 1. The molecule has 1 amide bonds. The number of hydrogen-bond acceptors (Lipinski definition) is 5. The molecule has 21 heavy (non-hydrogen) atoms. The molecule has 0 bridgehead atoms. The minimum Gasteiger partial charge on any atom is -0.379 e. The molecule has 1 aromatic carbocycles. The predicted octanol–water partition coefficient (Wildman–Crippen LogP) is 1.42. The molecular formula is C14H18N4O3. The summed E-state index contributed by atoms with van der Waals surface area (Å²) in [5.74, 6) is -0.603. The summed E-state index contributed by atoms with van der Waals surface area (Å²) in [5, 5.41) is 17.3. The number of carbonyl (C=O) groups is 1. The van der Waals surface area contributed by atoms with E-state index >= 15 is 0 Å². The summed E-state index contributed by atoms with van der Waals surface area (Å²) in [6.07, 6.45) is 3.95. The lowest BCUT2D eigenvalue weighted by Crippen LogP contribution is -2.21. The third-order valence-electron chi connectivity index (χ3n) is 3.40. The molecule has 2 rings (SSSR count). The van der Waals surface area contributed by atoms with Crippen LogP contribution in [0.3, 0.4) is 0 Å². The van der Waals surface area contributed by atoms with Crippen molar-refractivity contribution >= 4 is 17.3 Å². The Morgan fingerprint density at radius 2 is 2.29 bits per heavy atom. The lowest BCUT2D eigenvalue weighted by molar-refractivity contribution is -0.384. The fourth-order valence-corrected chi connectivity index (χ4v) is 2.24. The van der Waals surface area contributed by atoms with Crippen molar-refractivity contribution in [1.29, 1.82) is 0 Å². The maximum atomic E-state index is 11.2. The first kappa shape index (κ1) is 15.0. The molecule has 0 spiro atoms. The van der Waals surface area contributed by atoms with Gasteiger partial charge in [0.05, 0.1) is 4.92 Å². The molecule has 0 saturated heterocycles. The number of primary amides is 1. The second kappa shape index (κ2) is 6.85. The topological polar surface area (TPSA) is 110 Å². The molecule has 7 heteroatoms. The highest BCUT2D eigenvalue weighted by molar-refractivity contribution is 5.94. The molecule has 0 fully saturated rings. The Kier molecular flexibility index (Phi) is 4.89. The van der Waals surface area contributed by atoms with E-state index in [0.29, 0.717) is 12.2 Å². The molecule has 0 aromatic heterocycles. The molecule has 7 nitrogen and oxygen atoms in total. The number of carbonyl (C=O) groups excluding carboxylic acids is 1. The average molecular weight is 290 g/mol. The lowest BCUT2D eigenvalue weighted by Gasteiger charge is -2.14. The van der Waals surface area contributed by atoms with E-state index in [4.69, 9.17) is 5.73 Å². The van der Waals surface area contributed by atoms with Gasteiger partial charge in [-0.2, -0.15) is 0 Å². The Hall–Kier alpha value is -2.41. The maximum Gasteiger partial charge on any atom is 0.292 e. The lowest BCUT2D eigenvalue weighted by atomic mass is 10.1. The SMILES string of the molecule is NC(=O)c1ccc([N+](=O)[O-])c(NCCC2=CCNCC2)c1. The molecule has 1 aromatic rings. The molecule has 112 valence electrons. The number of nitrogens with zero attached hydrogens (tertiary/aromatic N) is 1. The predicted molar refractivity (Wildman–Crippen MR) is 80.3 cm³/mol. The van der Waals surface area contributed by atoms with E-state index in [0.717, 1.165) is 25.9 Å². The summed E-state index contributed by atoms with van der Waals surface area (Å²) in [4.78, 5) is 21.7. The second-order valence-corrected chi connectivity index (χ2v) is 4.85. The van der Waals surface area contributed by atoms with Crippen molar-refractivity contribution < 1.29 is 9.72 Å². The van der Waals surface area contributed by atoms with E-state index in [1.54, 1.807) is 0 Å². The fourth-order valence-electron chi connectivity index (χ4n) is 2.24. The van der Waals surface area contributed by atoms with Gasteiger partial charge in [0.15, 0.2) is 0 Å². The third-order valence-corrected chi connectivity index (χ3v) is 3.40. The van der Waals surface area contributed by atoms with Crippen LogP contribution in [0.15, 0.2) is 29.8 Å². The fraction of sp³-hybridized carbons (Fsp3) is 0.357. The molecular weight excluding hydrogens is 272 g/mol. The molecule has 4 N–H and O–H groups in total. The summed E-state index contributed by atoms with van der Waals surface area (Å²) in [5.41, 5.74) is 7.05. The van der Waals surface area contributed by atoms with Crippen LogP contribution in [0.5, 0.6) is 0 Å². The largest absolute Gasteiger partial charge is 0.379 e. The molecule has 1 aliphatic rings. The number of nitrogens with one attached hydrogen (secondary N) is 2. The molecule has 0 aliphatic carbocycles. The molecule has 0 unspecified atom stereocenters. The maximum absolute atomic E-state index is 11.2. The van der Waals surface area contributed by atoms with Gasteiger partial charge < -0.3 is 16.4 Å². The van der Waals surface area contributed by atoms with E-state index < -0.39 is 10.8 Å². The zero-order valence-corrected chi connectivity index (χ0v) is 11.6. The Bertz CT molecular complexity index is 584. The van der Waals surface area contributed by atoms with Crippen molar-refractivity contribution in [3.05, 3.63) is 45.5 Å². The first-order valence-corrected chi connectivity index (χ1v) is 6.78. The van der Waals surface area contributed by atoms with E-state index in [2.05, 4.69) is 16.7 Å². The molecule has 1 heterocycles. The Labute approximate surface area is 122 Å². The second-order valence-electron chi connectivity index (χ2n) is 4.85. The standard InChI is InChI=1S/C14H18N4O3/c15-14(19)11-1-2-13(18(20)21)12(9-11)17-8-5-10-3-6-16-7-4-10/h1-3,9,16-17H,4-8H2,(H2,15,19). The smallest absolute Gasteiger partial charge is 0.292 e. The van der Waals surface area contributed by atoms with Crippen LogP contribution in [0.2, 0.25) is 0 Å². The Morgan fingerprint density at radius 3 is 2.90 bits per heavy atom. The summed E-state index contributed by atoms with van der Waals surface area (Å²) in [6.45, 7) is 2.41. The Morgan fingerprint density at radius 1 is 1.48 bits per heavy atom. The summed E-state index contributed by atoms with van der Waals surface area (Å²) < 4.78 is 0. The monoisotopic (exact) mass is 290 g/mol. The summed E-state index contributed by atoms with van der Waals surface area (Å²) in [7, 11) is 0. The van der Waals surface area contributed by atoms with Gasteiger partial charge in [-0.25, -0.2) is 0 Å². The third kappa shape index (κ3) is 4.03. The van der Waals surface area contributed by atoms with Crippen LogP contribution >= 0.6 is 0 Å². The van der Waals surface area contributed by atoms with E-state index in [1.165, 1.54) is 23.8 Å². The first-order valence-electron chi connectivity index (χ1n) is 6.78. The highest BCUT2D eigenvalue weighted by Gasteiger charge is 2.15. The van der Waals surface area contributed by atoms with Gasteiger partial charge in [0.25, 0.3) is 5.69 Å². The van der Waals surface area contributed by atoms with Crippen LogP contribution in [0.25, 0.3) is 0 Å². The van der Waals surface area contributed by atoms with E-state index in [-0.39, 0.29) is 11.3 Å². The normalized spacial score (nSPS) is 14.4. The van der Waals surface area contributed by atoms with Gasteiger partial charge in [-0.1, -0.05) is 11.6 Å². The van der Waals surface area contributed by atoms with Crippen molar-refractivity contribution in [3.63, 3.8) is 0 Å². The summed E-state index contributed by atoms with van der Waals surface area (Å²) in [6, 6.07) is 4.09. The molecule has 1 aliphatic heterocycles. The number of benzene rings is 1. The van der Waals surface area contributed by atoms with Crippen LogP contribution in [-0.4, -0.2) is 30.5 Å². The first-order chi connectivity index (χ1) is 10.1. The number of rotatable bonds is 6. The van der Waals surface area contributed by atoms with Crippen LogP contribution in [0.4, 0.5) is 11.4 Å².